The molecule has 0 amide bonds. The lowest BCUT2D eigenvalue weighted by molar-refractivity contribution is 0.593. The summed E-state index contributed by atoms with van der Waals surface area (Å²) in [6.45, 7) is 0. The fourth-order valence-corrected chi connectivity index (χ4v) is 5.06. The molecule has 1 rings (SSSR count). The van der Waals surface area contributed by atoms with Gasteiger partial charge >= 0.3 is 0 Å². The number of rotatable bonds is 6. The van der Waals surface area contributed by atoms with Gasteiger partial charge in [-0.1, -0.05) is 11.6 Å². The van der Waals surface area contributed by atoms with Crippen molar-refractivity contribution in [2.24, 2.45) is 5.14 Å². The Balaban J connectivity index is 2.97. The second kappa shape index (κ2) is 6.08. The van der Waals surface area contributed by atoms with Gasteiger partial charge in [0.25, 0.3) is 0 Å². The molecule has 0 aliphatic carbocycles. The normalized spacial score (nSPS) is 13.1. The molecule has 0 spiro atoms. The van der Waals surface area contributed by atoms with Crippen molar-refractivity contribution in [3.8, 4) is 0 Å². The van der Waals surface area contributed by atoms with Gasteiger partial charge in [-0.2, -0.15) is 0 Å². The summed E-state index contributed by atoms with van der Waals surface area (Å²) in [6.07, 6.45) is 0.917. The van der Waals surface area contributed by atoms with Crippen LogP contribution in [0.5, 0.6) is 0 Å². The first-order valence-electron chi connectivity index (χ1n) is 5.31. The average molecular weight is 377 g/mol. The number of sulfonamides is 2. The first-order chi connectivity index (χ1) is 9.30. The Hall–Kier alpha value is -0.880. The lowest BCUT2D eigenvalue weighted by Crippen LogP contribution is -2.22. The monoisotopic (exact) mass is 376 g/mol. The summed E-state index contributed by atoms with van der Waals surface area (Å²) >= 11 is 5.70. The van der Waals surface area contributed by atoms with E-state index in [1.807, 2.05) is 0 Å². The van der Waals surface area contributed by atoms with Crippen LogP contribution < -0.4 is 9.86 Å². The highest BCUT2D eigenvalue weighted by Gasteiger charge is 2.17. The van der Waals surface area contributed by atoms with Crippen molar-refractivity contribution in [1.29, 1.82) is 0 Å². The van der Waals surface area contributed by atoms with Gasteiger partial charge in [-0.05, 0) is 18.2 Å². The van der Waals surface area contributed by atoms with E-state index in [-0.39, 0.29) is 15.6 Å². The molecule has 0 radical (unpaired) electrons. The molecule has 0 heterocycles. The van der Waals surface area contributed by atoms with E-state index in [4.69, 9.17) is 16.7 Å². The summed E-state index contributed by atoms with van der Waals surface area (Å²) < 4.78 is 69.6. The zero-order chi connectivity index (χ0) is 16.5. The number of nitrogens with two attached hydrogens (primary N) is 1. The van der Waals surface area contributed by atoms with Crippen molar-refractivity contribution >= 4 is 47.2 Å². The smallest absolute Gasteiger partial charge is 0.239 e. The highest BCUT2D eigenvalue weighted by atomic mass is 35.5. The minimum absolute atomic E-state index is 0.000834. The molecule has 120 valence electrons. The van der Waals surface area contributed by atoms with Crippen LogP contribution in [0.4, 0.5) is 5.69 Å². The topological polar surface area (TPSA) is 140 Å². The Morgan fingerprint density at radius 1 is 1.10 bits per heavy atom. The highest BCUT2D eigenvalue weighted by Crippen LogP contribution is 2.24. The van der Waals surface area contributed by atoms with Crippen LogP contribution in [-0.2, 0) is 29.9 Å². The highest BCUT2D eigenvalue weighted by molar-refractivity contribution is 7.95. The van der Waals surface area contributed by atoms with E-state index in [1.165, 1.54) is 0 Å². The minimum atomic E-state index is -4.01. The van der Waals surface area contributed by atoms with Crippen molar-refractivity contribution in [2.75, 3.05) is 22.5 Å². The molecular formula is C9H13ClN2O6S3. The van der Waals surface area contributed by atoms with E-state index in [0.29, 0.717) is 0 Å². The third-order valence-corrected chi connectivity index (χ3v) is 6.12. The zero-order valence-corrected chi connectivity index (χ0v) is 14.0. The van der Waals surface area contributed by atoms with Gasteiger partial charge in [-0.15, -0.1) is 0 Å². The first-order valence-corrected chi connectivity index (χ1v) is 10.9. The summed E-state index contributed by atoms with van der Waals surface area (Å²) in [5.41, 5.74) is 0.000834. The molecule has 0 bridgehead atoms. The van der Waals surface area contributed by atoms with E-state index in [2.05, 4.69) is 4.72 Å². The molecule has 0 unspecified atom stereocenters. The van der Waals surface area contributed by atoms with Gasteiger partial charge in [0.2, 0.25) is 20.0 Å². The molecule has 3 N–H and O–H groups in total. The maximum atomic E-state index is 11.7. The fourth-order valence-electron chi connectivity index (χ4n) is 1.29. The summed E-state index contributed by atoms with van der Waals surface area (Å²) in [5.74, 6) is -1.16. The second-order valence-electron chi connectivity index (χ2n) is 4.24. The van der Waals surface area contributed by atoms with Crippen molar-refractivity contribution in [3.63, 3.8) is 0 Å². The van der Waals surface area contributed by atoms with Gasteiger partial charge in [0.05, 0.1) is 22.2 Å². The predicted molar refractivity (Wildman–Crippen MR) is 79.9 cm³/mol. The van der Waals surface area contributed by atoms with Gasteiger partial charge in [0.15, 0.2) is 0 Å². The van der Waals surface area contributed by atoms with E-state index in [9.17, 15) is 25.3 Å². The SMILES string of the molecule is CS(=O)(=O)CCS(=O)(=O)Nc1ccc(S(N)(=O)=O)c(Cl)c1. The number of benzene rings is 1. The molecule has 12 heteroatoms. The molecule has 0 aliphatic heterocycles. The summed E-state index contributed by atoms with van der Waals surface area (Å²) in [4.78, 5) is -0.344. The fraction of sp³-hybridized carbons (Fsp3) is 0.333. The minimum Gasteiger partial charge on any atom is -0.283 e. The average Bonchev–Trinajstić information content (AvgIpc) is 2.23. The number of hydrogen-bond acceptors (Lipinski definition) is 6. The van der Waals surface area contributed by atoms with E-state index >= 15 is 0 Å². The maximum Gasteiger partial charge on any atom is 0.239 e. The van der Waals surface area contributed by atoms with Crippen LogP contribution in [0.3, 0.4) is 0 Å². The summed E-state index contributed by atoms with van der Waals surface area (Å²) in [5, 5.41) is 4.66. The number of sulfone groups is 1. The Morgan fingerprint density at radius 2 is 1.67 bits per heavy atom. The number of anilines is 1. The lowest BCUT2D eigenvalue weighted by Gasteiger charge is -2.09. The molecule has 0 aromatic heterocycles. The van der Waals surface area contributed by atoms with Crippen LogP contribution in [0.25, 0.3) is 0 Å². The lowest BCUT2D eigenvalue weighted by atomic mass is 10.3. The summed E-state index contributed by atoms with van der Waals surface area (Å²) in [7, 11) is -11.3. The Morgan fingerprint density at radius 3 is 2.10 bits per heavy atom. The Bertz CT molecular complexity index is 845. The molecule has 8 nitrogen and oxygen atoms in total. The van der Waals surface area contributed by atoms with Gasteiger partial charge in [0.1, 0.15) is 14.7 Å². The van der Waals surface area contributed by atoms with Crippen molar-refractivity contribution in [1.82, 2.24) is 0 Å². The zero-order valence-electron chi connectivity index (χ0n) is 10.8. The van der Waals surface area contributed by atoms with E-state index in [0.717, 1.165) is 24.5 Å². The van der Waals surface area contributed by atoms with Crippen molar-refractivity contribution in [2.45, 2.75) is 4.90 Å². The third-order valence-electron chi connectivity index (χ3n) is 2.23. The van der Waals surface area contributed by atoms with Gasteiger partial charge in [-0.3, -0.25) is 4.72 Å². The molecule has 0 saturated heterocycles. The quantitative estimate of drug-likeness (QED) is 0.702. The standard InChI is InChI=1S/C9H13ClN2O6S3/c1-19(13,14)4-5-20(15,16)12-7-2-3-9(8(10)6-7)21(11,17)18/h2-3,6,12H,4-5H2,1H3,(H2,11,17,18). The molecule has 21 heavy (non-hydrogen) atoms. The largest absolute Gasteiger partial charge is 0.283 e. The predicted octanol–water partition coefficient (Wildman–Crippen LogP) is -0.226. The van der Waals surface area contributed by atoms with Crippen LogP contribution in [0.15, 0.2) is 23.1 Å². The Kier molecular flexibility index (Phi) is 5.26. The van der Waals surface area contributed by atoms with Gasteiger partial charge < -0.3 is 0 Å². The molecule has 0 aliphatic rings. The van der Waals surface area contributed by atoms with Crippen LogP contribution in [-0.4, -0.2) is 43.0 Å². The number of hydrogen-bond donors (Lipinski definition) is 2. The van der Waals surface area contributed by atoms with Crippen LogP contribution >= 0.6 is 11.6 Å². The van der Waals surface area contributed by atoms with Gasteiger partial charge in [-0.25, -0.2) is 30.4 Å². The number of nitrogens with one attached hydrogen (secondary N) is 1. The number of halogens is 1. The Labute approximate surface area is 128 Å². The summed E-state index contributed by atoms with van der Waals surface area (Å²) in [6, 6.07) is 3.27. The second-order valence-corrected chi connectivity index (χ2v) is 10.3. The molecular weight excluding hydrogens is 364 g/mol. The first kappa shape index (κ1) is 18.2. The number of primary sulfonamides is 1. The molecule has 1 aromatic rings. The molecule has 1 aromatic carbocycles. The van der Waals surface area contributed by atoms with Crippen molar-refractivity contribution < 1.29 is 25.3 Å². The molecule has 0 fully saturated rings. The van der Waals surface area contributed by atoms with Crippen LogP contribution in [0.2, 0.25) is 5.02 Å². The third kappa shape index (κ3) is 6.18. The molecule has 0 saturated carbocycles. The van der Waals surface area contributed by atoms with Gasteiger partial charge in [0, 0.05) is 6.26 Å². The molecule has 0 atom stereocenters. The van der Waals surface area contributed by atoms with E-state index in [1.54, 1.807) is 0 Å². The van der Waals surface area contributed by atoms with Crippen LogP contribution in [0, 0.1) is 0 Å². The van der Waals surface area contributed by atoms with E-state index < -0.39 is 41.4 Å². The van der Waals surface area contributed by atoms with Crippen LogP contribution in [0.1, 0.15) is 0 Å². The maximum absolute atomic E-state index is 11.7. The van der Waals surface area contributed by atoms with Crippen molar-refractivity contribution in [3.05, 3.63) is 23.2 Å².